The van der Waals surface area contributed by atoms with Crippen molar-refractivity contribution in [2.75, 3.05) is 12.4 Å². The molecule has 0 radical (unpaired) electrons. The Labute approximate surface area is 96.2 Å². The van der Waals surface area contributed by atoms with E-state index in [2.05, 4.69) is 31.2 Å². The molecule has 1 unspecified atom stereocenters. The van der Waals surface area contributed by atoms with Crippen LogP contribution in [0.1, 0.15) is 25.3 Å². The second kappa shape index (κ2) is 5.57. The Morgan fingerprint density at radius 1 is 1.33 bits per heavy atom. The molecule has 2 heteroatoms. The average molecular weight is 222 g/mol. The quantitative estimate of drug-likeness (QED) is 0.539. The fourth-order valence-electron chi connectivity index (χ4n) is 1.49. The largest absolute Gasteiger partial charge is 0.372 e. The number of ether oxygens (including phenoxy) is 1. The average Bonchev–Trinajstić information content (AvgIpc) is 3.09. The summed E-state index contributed by atoms with van der Waals surface area (Å²) in [5, 5.41) is 0. The molecule has 1 fully saturated rings. The predicted octanol–water partition coefficient (Wildman–Crippen LogP) is 3.52. The van der Waals surface area contributed by atoms with Crippen molar-refractivity contribution in [3.63, 3.8) is 0 Å². The second-order valence-corrected chi connectivity index (χ2v) is 5.11. The Bertz CT molecular complexity index is 290. The van der Waals surface area contributed by atoms with Gasteiger partial charge in [-0.15, -0.1) is 11.8 Å². The summed E-state index contributed by atoms with van der Waals surface area (Å²) in [6.07, 6.45) is 4.31. The minimum Gasteiger partial charge on any atom is -0.372 e. The van der Waals surface area contributed by atoms with E-state index in [0.717, 1.165) is 12.4 Å². The van der Waals surface area contributed by atoms with Crippen molar-refractivity contribution in [2.45, 2.75) is 37.2 Å². The zero-order valence-corrected chi connectivity index (χ0v) is 10.1. The minimum atomic E-state index is 0.523. The van der Waals surface area contributed by atoms with Gasteiger partial charge in [-0.25, -0.2) is 0 Å². The molecule has 0 aromatic heterocycles. The van der Waals surface area contributed by atoms with E-state index in [4.69, 9.17) is 4.74 Å². The zero-order chi connectivity index (χ0) is 10.5. The maximum Gasteiger partial charge on any atom is 0.0903 e. The SMILES string of the molecule is CCCCc1ccc(SCC2CO2)cc1. The molecule has 0 saturated carbocycles. The van der Waals surface area contributed by atoms with Gasteiger partial charge in [-0.2, -0.15) is 0 Å². The first-order valence-corrected chi connectivity index (χ1v) is 6.70. The molecule has 1 aromatic rings. The third-order valence-electron chi connectivity index (χ3n) is 2.58. The number of benzene rings is 1. The lowest BCUT2D eigenvalue weighted by molar-refractivity contribution is 0.426. The van der Waals surface area contributed by atoms with Crippen LogP contribution in [0.3, 0.4) is 0 Å². The van der Waals surface area contributed by atoms with Crippen molar-refractivity contribution >= 4 is 11.8 Å². The first-order chi connectivity index (χ1) is 7.38. The lowest BCUT2D eigenvalue weighted by Gasteiger charge is -2.02. The van der Waals surface area contributed by atoms with Crippen LogP contribution in [-0.2, 0) is 11.2 Å². The number of unbranched alkanes of at least 4 members (excludes halogenated alkanes) is 1. The van der Waals surface area contributed by atoms with Crippen LogP contribution in [0, 0.1) is 0 Å². The molecule has 1 aliphatic rings. The normalized spacial score (nSPS) is 19.1. The Kier molecular flexibility index (Phi) is 4.09. The van der Waals surface area contributed by atoms with Crippen LogP contribution in [-0.4, -0.2) is 18.5 Å². The van der Waals surface area contributed by atoms with Crippen LogP contribution in [0.4, 0.5) is 0 Å². The van der Waals surface area contributed by atoms with Crippen molar-refractivity contribution in [3.05, 3.63) is 29.8 Å². The van der Waals surface area contributed by atoms with Gasteiger partial charge in [0.2, 0.25) is 0 Å². The number of aryl methyl sites for hydroxylation is 1. The van der Waals surface area contributed by atoms with Gasteiger partial charge < -0.3 is 4.74 Å². The van der Waals surface area contributed by atoms with Crippen LogP contribution in [0.15, 0.2) is 29.2 Å². The molecule has 0 spiro atoms. The number of hydrogen-bond donors (Lipinski definition) is 0. The molecule has 1 nitrogen and oxygen atoms in total. The highest BCUT2D eigenvalue weighted by atomic mass is 32.2. The molecular formula is C13H18OS. The third kappa shape index (κ3) is 3.88. The maximum atomic E-state index is 5.19. The standard InChI is InChI=1S/C13H18OS/c1-2-3-4-11-5-7-13(8-6-11)15-10-12-9-14-12/h5-8,12H,2-4,9-10H2,1H3. The van der Waals surface area contributed by atoms with E-state index in [1.807, 2.05) is 11.8 Å². The van der Waals surface area contributed by atoms with E-state index in [1.54, 1.807) is 0 Å². The van der Waals surface area contributed by atoms with Gasteiger partial charge in [-0.05, 0) is 30.5 Å². The first kappa shape index (κ1) is 11.0. The van der Waals surface area contributed by atoms with E-state index < -0.39 is 0 Å². The van der Waals surface area contributed by atoms with Crippen molar-refractivity contribution in [3.8, 4) is 0 Å². The van der Waals surface area contributed by atoms with Gasteiger partial charge in [0.1, 0.15) is 0 Å². The number of epoxide rings is 1. The van der Waals surface area contributed by atoms with E-state index in [9.17, 15) is 0 Å². The Hall–Kier alpha value is -0.470. The zero-order valence-electron chi connectivity index (χ0n) is 9.24. The lowest BCUT2D eigenvalue weighted by atomic mass is 10.1. The van der Waals surface area contributed by atoms with Crippen LogP contribution >= 0.6 is 11.8 Å². The van der Waals surface area contributed by atoms with Crippen molar-refractivity contribution in [1.29, 1.82) is 0 Å². The molecule has 82 valence electrons. The topological polar surface area (TPSA) is 12.5 Å². The first-order valence-electron chi connectivity index (χ1n) is 5.72. The molecule has 1 aromatic carbocycles. The van der Waals surface area contributed by atoms with Crippen molar-refractivity contribution < 1.29 is 4.74 Å². The summed E-state index contributed by atoms with van der Waals surface area (Å²) in [7, 11) is 0. The van der Waals surface area contributed by atoms with Gasteiger partial charge in [0.05, 0.1) is 12.7 Å². The summed E-state index contributed by atoms with van der Waals surface area (Å²) in [5.41, 5.74) is 1.46. The van der Waals surface area contributed by atoms with Crippen LogP contribution < -0.4 is 0 Å². The molecule has 0 bridgehead atoms. The molecule has 1 heterocycles. The molecule has 2 rings (SSSR count). The molecule has 0 aliphatic carbocycles. The highest BCUT2D eigenvalue weighted by Gasteiger charge is 2.21. The minimum absolute atomic E-state index is 0.523. The molecule has 1 aliphatic heterocycles. The smallest absolute Gasteiger partial charge is 0.0903 e. The Balaban J connectivity index is 1.79. The second-order valence-electron chi connectivity index (χ2n) is 4.01. The van der Waals surface area contributed by atoms with Crippen LogP contribution in [0.25, 0.3) is 0 Å². The van der Waals surface area contributed by atoms with Gasteiger partial charge in [0, 0.05) is 10.6 Å². The lowest BCUT2D eigenvalue weighted by Crippen LogP contribution is -1.89. The summed E-state index contributed by atoms with van der Waals surface area (Å²) in [6.45, 7) is 3.20. The summed E-state index contributed by atoms with van der Waals surface area (Å²) < 4.78 is 5.19. The molecule has 1 saturated heterocycles. The van der Waals surface area contributed by atoms with E-state index in [0.29, 0.717) is 6.10 Å². The van der Waals surface area contributed by atoms with E-state index in [1.165, 1.54) is 29.7 Å². The fraction of sp³-hybridized carbons (Fsp3) is 0.538. The monoisotopic (exact) mass is 222 g/mol. The van der Waals surface area contributed by atoms with Gasteiger partial charge in [0.15, 0.2) is 0 Å². The molecule has 0 amide bonds. The Morgan fingerprint density at radius 2 is 2.07 bits per heavy atom. The van der Waals surface area contributed by atoms with Gasteiger partial charge in [-0.1, -0.05) is 25.5 Å². The highest BCUT2D eigenvalue weighted by molar-refractivity contribution is 7.99. The predicted molar refractivity (Wildman–Crippen MR) is 65.5 cm³/mol. The molecule has 15 heavy (non-hydrogen) atoms. The van der Waals surface area contributed by atoms with Crippen molar-refractivity contribution in [1.82, 2.24) is 0 Å². The van der Waals surface area contributed by atoms with Gasteiger partial charge in [-0.3, -0.25) is 0 Å². The summed E-state index contributed by atoms with van der Waals surface area (Å²) in [6, 6.07) is 8.98. The van der Waals surface area contributed by atoms with Crippen LogP contribution in [0.5, 0.6) is 0 Å². The third-order valence-corrected chi connectivity index (χ3v) is 3.72. The van der Waals surface area contributed by atoms with Crippen molar-refractivity contribution in [2.24, 2.45) is 0 Å². The molecule has 0 N–H and O–H groups in total. The Morgan fingerprint density at radius 3 is 2.67 bits per heavy atom. The summed E-state index contributed by atoms with van der Waals surface area (Å²) in [4.78, 5) is 1.37. The summed E-state index contributed by atoms with van der Waals surface area (Å²) >= 11 is 1.90. The van der Waals surface area contributed by atoms with Gasteiger partial charge >= 0.3 is 0 Å². The summed E-state index contributed by atoms with van der Waals surface area (Å²) in [5.74, 6) is 1.11. The van der Waals surface area contributed by atoms with Crippen LogP contribution in [0.2, 0.25) is 0 Å². The number of hydrogen-bond acceptors (Lipinski definition) is 2. The van der Waals surface area contributed by atoms with E-state index in [-0.39, 0.29) is 0 Å². The maximum absolute atomic E-state index is 5.19. The molecular weight excluding hydrogens is 204 g/mol. The molecule has 1 atom stereocenters. The number of thioether (sulfide) groups is 1. The van der Waals surface area contributed by atoms with E-state index >= 15 is 0 Å². The number of rotatable bonds is 6. The fourth-order valence-corrected chi connectivity index (χ4v) is 2.39. The van der Waals surface area contributed by atoms with Gasteiger partial charge in [0.25, 0.3) is 0 Å². The highest BCUT2D eigenvalue weighted by Crippen LogP contribution is 2.24.